The van der Waals surface area contributed by atoms with Crippen LogP contribution in [0.1, 0.15) is 23.7 Å². The fraction of sp³-hybridized carbons (Fsp3) is 0.368. The maximum atomic E-state index is 12.9. The first kappa shape index (κ1) is 19.7. The standard InChI is InChI=1S/C19H21Cl2N3O3/c1-27-10-6-22-17(25)12-18(26)24-9-8-23-7-2-3-16(23)19(24)13-4-5-14(20)15(21)11-13/h2-5,7,11,19H,6,8-10,12H2,1H3,(H,22,25)/t19-/m1/s1. The Balaban J connectivity index is 1.83. The fourth-order valence-electron chi connectivity index (χ4n) is 3.28. The van der Waals surface area contributed by atoms with Crippen LogP contribution in [-0.2, 0) is 20.9 Å². The van der Waals surface area contributed by atoms with Gasteiger partial charge in [-0.3, -0.25) is 9.59 Å². The van der Waals surface area contributed by atoms with Gasteiger partial charge in [0, 0.05) is 38.6 Å². The molecule has 0 saturated heterocycles. The van der Waals surface area contributed by atoms with Crippen molar-refractivity contribution in [1.29, 1.82) is 0 Å². The van der Waals surface area contributed by atoms with E-state index in [4.69, 9.17) is 27.9 Å². The number of benzene rings is 1. The third-order valence-corrected chi connectivity index (χ3v) is 5.30. The minimum absolute atomic E-state index is 0.206. The second-order valence-electron chi connectivity index (χ2n) is 6.31. The zero-order valence-electron chi connectivity index (χ0n) is 15.0. The maximum absolute atomic E-state index is 12.9. The molecule has 0 spiro atoms. The summed E-state index contributed by atoms with van der Waals surface area (Å²) in [4.78, 5) is 26.7. The van der Waals surface area contributed by atoms with Gasteiger partial charge in [-0.15, -0.1) is 0 Å². The molecule has 1 aromatic heterocycles. The minimum atomic E-state index is -0.317. The van der Waals surface area contributed by atoms with Crippen LogP contribution < -0.4 is 5.32 Å². The molecule has 0 saturated carbocycles. The molecule has 1 atom stereocenters. The number of aromatic nitrogens is 1. The van der Waals surface area contributed by atoms with Crippen molar-refractivity contribution in [2.24, 2.45) is 0 Å². The van der Waals surface area contributed by atoms with Crippen LogP contribution in [0.25, 0.3) is 0 Å². The lowest BCUT2D eigenvalue weighted by Gasteiger charge is -2.37. The van der Waals surface area contributed by atoms with Gasteiger partial charge < -0.3 is 19.5 Å². The van der Waals surface area contributed by atoms with Gasteiger partial charge in [-0.1, -0.05) is 29.3 Å². The van der Waals surface area contributed by atoms with E-state index in [-0.39, 0.29) is 24.3 Å². The number of nitrogens with one attached hydrogen (secondary N) is 1. The molecule has 6 nitrogen and oxygen atoms in total. The van der Waals surface area contributed by atoms with E-state index in [1.54, 1.807) is 24.1 Å². The van der Waals surface area contributed by atoms with Gasteiger partial charge in [0.05, 0.1) is 22.7 Å². The van der Waals surface area contributed by atoms with Gasteiger partial charge in [0.25, 0.3) is 0 Å². The van der Waals surface area contributed by atoms with Crippen LogP contribution in [0.2, 0.25) is 10.0 Å². The lowest BCUT2D eigenvalue weighted by Crippen LogP contribution is -2.44. The van der Waals surface area contributed by atoms with Crippen LogP contribution >= 0.6 is 23.2 Å². The Bertz CT molecular complexity index is 837. The third-order valence-electron chi connectivity index (χ3n) is 4.56. The summed E-state index contributed by atoms with van der Waals surface area (Å²) < 4.78 is 7.01. The summed E-state index contributed by atoms with van der Waals surface area (Å²) in [6.07, 6.45) is 1.78. The molecule has 0 fully saturated rings. The molecule has 27 heavy (non-hydrogen) atoms. The fourth-order valence-corrected chi connectivity index (χ4v) is 3.59. The number of rotatable bonds is 6. The molecule has 0 aliphatic carbocycles. The van der Waals surface area contributed by atoms with E-state index in [1.807, 2.05) is 24.4 Å². The highest BCUT2D eigenvalue weighted by molar-refractivity contribution is 6.42. The monoisotopic (exact) mass is 409 g/mol. The first-order valence-electron chi connectivity index (χ1n) is 8.66. The van der Waals surface area contributed by atoms with Crippen molar-refractivity contribution in [3.63, 3.8) is 0 Å². The van der Waals surface area contributed by atoms with Crippen molar-refractivity contribution in [2.75, 3.05) is 26.8 Å². The van der Waals surface area contributed by atoms with Gasteiger partial charge in [0.2, 0.25) is 11.8 Å². The molecule has 2 amide bonds. The number of hydrogen-bond acceptors (Lipinski definition) is 3. The molecule has 2 aromatic rings. The molecule has 3 rings (SSSR count). The number of amides is 2. The minimum Gasteiger partial charge on any atom is -0.383 e. The topological polar surface area (TPSA) is 63.6 Å². The van der Waals surface area contributed by atoms with Crippen molar-refractivity contribution in [2.45, 2.75) is 19.0 Å². The van der Waals surface area contributed by atoms with E-state index < -0.39 is 0 Å². The summed E-state index contributed by atoms with van der Waals surface area (Å²) in [5.74, 6) is -0.542. The summed E-state index contributed by atoms with van der Waals surface area (Å²) in [7, 11) is 1.56. The normalized spacial score (nSPS) is 16.1. The van der Waals surface area contributed by atoms with Crippen LogP contribution in [-0.4, -0.2) is 48.1 Å². The molecule has 0 radical (unpaired) electrons. The Morgan fingerprint density at radius 1 is 1.22 bits per heavy atom. The lowest BCUT2D eigenvalue weighted by atomic mass is 9.99. The van der Waals surface area contributed by atoms with E-state index in [0.717, 1.165) is 11.3 Å². The Morgan fingerprint density at radius 3 is 2.78 bits per heavy atom. The van der Waals surface area contributed by atoms with Gasteiger partial charge in [0.1, 0.15) is 6.42 Å². The zero-order chi connectivity index (χ0) is 19.4. The summed E-state index contributed by atoms with van der Waals surface area (Å²) in [6, 6.07) is 8.97. The largest absolute Gasteiger partial charge is 0.383 e. The Labute approximate surface area is 168 Å². The van der Waals surface area contributed by atoms with E-state index in [9.17, 15) is 9.59 Å². The van der Waals surface area contributed by atoms with Gasteiger partial charge in [0.15, 0.2) is 0 Å². The Kier molecular flexibility index (Phi) is 6.42. The SMILES string of the molecule is COCCNC(=O)CC(=O)N1CCn2cccc2[C@H]1c1ccc(Cl)c(Cl)c1. The number of hydrogen-bond donors (Lipinski definition) is 1. The maximum Gasteiger partial charge on any atom is 0.232 e. The number of methoxy groups -OCH3 is 1. The average molecular weight is 410 g/mol. The molecular weight excluding hydrogens is 389 g/mol. The van der Waals surface area contributed by atoms with Crippen LogP contribution in [0.5, 0.6) is 0 Å². The van der Waals surface area contributed by atoms with Crippen LogP contribution in [0.4, 0.5) is 0 Å². The van der Waals surface area contributed by atoms with Gasteiger partial charge in [-0.05, 0) is 29.8 Å². The van der Waals surface area contributed by atoms with Crippen molar-refractivity contribution >= 4 is 35.0 Å². The molecule has 144 valence electrons. The highest BCUT2D eigenvalue weighted by Crippen LogP contribution is 2.35. The Morgan fingerprint density at radius 2 is 2.04 bits per heavy atom. The summed E-state index contributed by atoms with van der Waals surface area (Å²) in [6.45, 7) is 1.97. The zero-order valence-corrected chi connectivity index (χ0v) is 16.5. The predicted octanol–water partition coefficient (Wildman–Crippen LogP) is 2.88. The highest BCUT2D eigenvalue weighted by Gasteiger charge is 2.33. The number of carbonyl (C=O) groups excluding carboxylic acids is 2. The van der Waals surface area contributed by atoms with Crippen LogP contribution in [0.15, 0.2) is 36.5 Å². The third kappa shape index (κ3) is 4.46. The van der Waals surface area contributed by atoms with E-state index >= 15 is 0 Å². The number of nitrogens with zero attached hydrogens (tertiary/aromatic N) is 2. The number of fused-ring (bicyclic) bond motifs is 1. The first-order chi connectivity index (χ1) is 13.0. The smallest absolute Gasteiger partial charge is 0.232 e. The molecular formula is C19H21Cl2N3O3. The highest BCUT2D eigenvalue weighted by atomic mass is 35.5. The predicted molar refractivity (Wildman–Crippen MR) is 104 cm³/mol. The molecule has 2 heterocycles. The van der Waals surface area contributed by atoms with Gasteiger partial charge >= 0.3 is 0 Å². The second-order valence-corrected chi connectivity index (χ2v) is 7.12. The summed E-state index contributed by atoms with van der Waals surface area (Å²) in [5.41, 5.74) is 1.84. The molecule has 1 aromatic carbocycles. The van der Waals surface area contributed by atoms with Crippen molar-refractivity contribution < 1.29 is 14.3 Å². The van der Waals surface area contributed by atoms with Crippen molar-refractivity contribution in [3.05, 3.63) is 57.8 Å². The van der Waals surface area contributed by atoms with Gasteiger partial charge in [-0.2, -0.15) is 0 Å². The first-order valence-corrected chi connectivity index (χ1v) is 9.42. The number of carbonyl (C=O) groups is 2. The molecule has 1 N–H and O–H groups in total. The van der Waals surface area contributed by atoms with E-state index in [2.05, 4.69) is 9.88 Å². The van der Waals surface area contributed by atoms with Gasteiger partial charge in [-0.25, -0.2) is 0 Å². The van der Waals surface area contributed by atoms with Crippen LogP contribution in [0, 0.1) is 0 Å². The number of ether oxygens (including phenoxy) is 1. The molecule has 8 heteroatoms. The quantitative estimate of drug-likeness (QED) is 0.589. The van der Waals surface area contributed by atoms with Crippen molar-refractivity contribution in [1.82, 2.24) is 14.8 Å². The van der Waals surface area contributed by atoms with Crippen molar-refractivity contribution in [3.8, 4) is 0 Å². The molecule has 0 bridgehead atoms. The summed E-state index contributed by atoms with van der Waals surface area (Å²) in [5, 5.41) is 3.58. The van der Waals surface area contributed by atoms with Crippen LogP contribution in [0.3, 0.4) is 0 Å². The number of halogens is 2. The lowest BCUT2D eigenvalue weighted by molar-refractivity contribution is -0.138. The molecule has 0 unspecified atom stereocenters. The molecule has 1 aliphatic rings. The summed E-state index contributed by atoms with van der Waals surface area (Å²) >= 11 is 12.2. The second kappa shape index (κ2) is 8.78. The van der Waals surface area contributed by atoms with E-state index in [1.165, 1.54) is 0 Å². The van der Waals surface area contributed by atoms with E-state index in [0.29, 0.717) is 36.3 Å². The molecule has 1 aliphatic heterocycles. The Hall–Kier alpha value is -2.02. The average Bonchev–Trinajstić information content (AvgIpc) is 3.12.